The highest BCUT2D eigenvalue weighted by Gasteiger charge is 2.31. The lowest BCUT2D eigenvalue weighted by molar-refractivity contribution is -0.133. The summed E-state index contributed by atoms with van der Waals surface area (Å²) in [6.45, 7) is 6.37. The maximum atomic E-state index is 12.9. The molecule has 218 valence electrons. The molecule has 3 heterocycles. The van der Waals surface area contributed by atoms with Crippen molar-refractivity contribution in [2.24, 2.45) is 5.92 Å². The molecule has 1 amide bonds. The molecule has 10 nitrogen and oxygen atoms in total. The molecule has 1 aliphatic heterocycles. The second-order valence-corrected chi connectivity index (χ2v) is 11.8. The van der Waals surface area contributed by atoms with Gasteiger partial charge in [-0.15, -0.1) is 0 Å². The second kappa shape index (κ2) is 12.3. The van der Waals surface area contributed by atoms with Crippen molar-refractivity contribution in [2.45, 2.75) is 77.1 Å². The van der Waals surface area contributed by atoms with Gasteiger partial charge in [0.05, 0.1) is 24.0 Å². The highest BCUT2D eigenvalue weighted by atomic mass is 16.6. The summed E-state index contributed by atoms with van der Waals surface area (Å²) in [4.78, 5) is 33.5. The molecule has 1 fully saturated rings. The Morgan fingerprint density at radius 1 is 1.15 bits per heavy atom. The van der Waals surface area contributed by atoms with Crippen LogP contribution in [0, 0.1) is 5.92 Å². The van der Waals surface area contributed by atoms with Gasteiger partial charge in [-0.05, 0) is 101 Å². The van der Waals surface area contributed by atoms with Crippen molar-refractivity contribution >= 4 is 28.7 Å². The number of fused-ring (bicyclic) bond motifs is 2. The van der Waals surface area contributed by atoms with Gasteiger partial charge >= 0.3 is 12.1 Å². The third-order valence-corrected chi connectivity index (χ3v) is 7.65. The van der Waals surface area contributed by atoms with Crippen molar-refractivity contribution in [3.05, 3.63) is 53.9 Å². The Morgan fingerprint density at radius 3 is 2.71 bits per heavy atom. The Balaban J connectivity index is 1.25. The summed E-state index contributed by atoms with van der Waals surface area (Å²) in [5, 5.41) is 10.9. The number of nitrogens with zero attached hydrogens (tertiary/aromatic N) is 2. The van der Waals surface area contributed by atoms with Crippen molar-refractivity contribution in [2.75, 3.05) is 19.0 Å². The maximum absolute atomic E-state index is 12.9. The molecule has 41 heavy (non-hydrogen) atoms. The number of anilines is 1. The normalized spacial score (nSPS) is 19.5. The fourth-order valence-corrected chi connectivity index (χ4v) is 5.59. The van der Waals surface area contributed by atoms with Gasteiger partial charge in [-0.25, -0.2) is 14.6 Å². The molecule has 1 unspecified atom stereocenters. The predicted molar refractivity (Wildman–Crippen MR) is 156 cm³/mol. The molecule has 3 aromatic rings. The topological polar surface area (TPSA) is 124 Å². The number of benzene rings is 1. The van der Waals surface area contributed by atoms with Crippen LogP contribution in [-0.2, 0) is 22.5 Å². The molecule has 1 aromatic carbocycles. The fraction of sp³-hybridized carbons (Fsp3) is 0.484. The van der Waals surface area contributed by atoms with E-state index in [1.54, 1.807) is 7.11 Å². The van der Waals surface area contributed by atoms with Crippen LogP contribution in [0.5, 0.6) is 11.6 Å². The number of pyridine rings is 2. The van der Waals surface area contributed by atoms with E-state index in [0.29, 0.717) is 30.8 Å². The summed E-state index contributed by atoms with van der Waals surface area (Å²) < 4.78 is 16.4. The molecule has 10 heteroatoms. The average molecular weight is 562 g/mol. The fourth-order valence-electron chi connectivity index (χ4n) is 5.59. The number of aromatic nitrogens is 2. The molecule has 0 spiro atoms. The second-order valence-electron chi connectivity index (χ2n) is 11.8. The first-order valence-corrected chi connectivity index (χ1v) is 14.3. The van der Waals surface area contributed by atoms with E-state index in [1.807, 2.05) is 63.4 Å². The van der Waals surface area contributed by atoms with E-state index in [2.05, 4.69) is 25.9 Å². The van der Waals surface area contributed by atoms with Crippen molar-refractivity contribution < 1.29 is 23.8 Å². The van der Waals surface area contributed by atoms with Crippen LogP contribution < -0.4 is 25.4 Å². The minimum atomic E-state index is -0.577. The van der Waals surface area contributed by atoms with Gasteiger partial charge in [-0.1, -0.05) is 0 Å². The third-order valence-electron chi connectivity index (χ3n) is 7.65. The molecular weight excluding hydrogens is 522 g/mol. The number of rotatable bonds is 8. The van der Waals surface area contributed by atoms with Crippen molar-refractivity contribution in [3.8, 4) is 11.6 Å². The lowest BCUT2D eigenvalue weighted by Gasteiger charge is -2.35. The van der Waals surface area contributed by atoms with E-state index in [4.69, 9.17) is 14.2 Å². The van der Waals surface area contributed by atoms with Crippen LogP contribution in [0.4, 0.5) is 10.5 Å². The van der Waals surface area contributed by atoms with Crippen molar-refractivity contribution in [3.63, 3.8) is 0 Å². The molecular formula is C31H39N5O5. The molecule has 5 rings (SSSR count). The zero-order chi connectivity index (χ0) is 29.0. The zero-order valence-corrected chi connectivity index (χ0v) is 24.2. The Bertz CT molecular complexity index is 1400. The van der Waals surface area contributed by atoms with Crippen LogP contribution in [-0.4, -0.2) is 53.4 Å². The lowest BCUT2D eigenvalue weighted by Crippen LogP contribution is -2.46. The van der Waals surface area contributed by atoms with Gasteiger partial charge in [0.25, 0.3) is 0 Å². The number of carbonyl (C=O) groups excluding carboxylic acids is 2. The van der Waals surface area contributed by atoms with E-state index >= 15 is 0 Å². The molecule has 0 radical (unpaired) electrons. The summed E-state index contributed by atoms with van der Waals surface area (Å²) >= 11 is 0. The van der Waals surface area contributed by atoms with E-state index < -0.39 is 11.7 Å². The Morgan fingerprint density at radius 2 is 1.95 bits per heavy atom. The highest BCUT2D eigenvalue weighted by Crippen LogP contribution is 2.31. The Hall–Kier alpha value is -3.92. The summed E-state index contributed by atoms with van der Waals surface area (Å²) in [6, 6.07) is 12.0. The number of ether oxygens (including phenoxy) is 3. The van der Waals surface area contributed by atoms with Crippen LogP contribution in [0.15, 0.2) is 42.6 Å². The minimum absolute atomic E-state index is 0.0906. The van der Waals surface area contributed by atoms with E-state index in [1.165, 1.54) is 0 Å². The standard InChI is InChI=1S/C31H39N5O5/c1-31(2,3)41-30(38)36-27(15-20-13-14-32-25-12-10-23(39-4)16-24(20)25)19-5-7-21(8-6-19)33-17-22-9-11-26-29(35-22)40-28(37)18-34-26/h9-14,16,19,21,27,33-34H,5-8,15,17-18H2,1-4H3,(H,36,38). The van der Waals surface area contributed by atoms with Crippen LogP contribution >= 0.6 is 0 Å². The Kier molecular flexibility index (Phi) is 8.58. The number of nitrogens with one attached hydrogen (secondary N) is 3. The van der Waals surface area contributed by atoms with Crippen molar-refractivity contribution in [1.29, 1.82) is 0 Å². The number of methoxy groups -OCH3 is 1. The quantitative estimate of drug-likeness (QED) is 0.334. The molecule has 0 bridgehead atoms. The molecule has 1 atom stereocenters. The first-order chi connectivity index (χ1) is 19.7. The van der Waals surface area contributed by atoms with Gasteiger partial charge in [0, 0.05) is 30.2 Å². The monoisotopic (exact) mass is 561 g/mol. The maximum Gasteiger partial charge on any atom is 0.407 e. The summed E-state index contributed by atoms with van der Waals surface area (Å²) in [7, 11) is 1.66. The molecule has 1 aliphatic carbocycles. The molecule has 0 saturated heterocycles. The van der Waals surface area contributed by atoms with Crippen LogP contribution in [0.3, 0.4) is 0 Å². The van der Waals surface area contributed by atoms with Crippen molar-refractivity contribution in [1.82, 2.24) is 20.6 Å². The van der Waals surface area contributed by atoms with Crippen LogP contribution in [0.2, 0.25) is 0 Å². The first kappa shape index (κ1) is 28.6. The summed E-state index contributed by atoms with van der Waals surface area (Å²) in [5.41, 5.74) is 2.99. The summed E-state index contributed by atoms with van der Waals surface area (Å²) in [5.74, 6) is 1.07. The number of amides is 1. The van der Waals surface area contributed by atoms with Gasteiger partial charge in [0.1, 0.15) is 17.9 Å². The minimum Gasteiger partial charge on any atom is -0.497 e. The number of alkyl carbamates (subject to hydrolysis) is 1. The van der Waals surface area contributed by atoms with Gasteiger partial charge in [0.2, 0.25) is 5.88 Å². The van der Waals surface area contributed by atoms with Gasteiger partial charge in [0.15, 0.2) is 0 Å². The Labute approximate surface area is 240 Å². The van der Waals surface area contributed by atoms with Gasteiger partial charge in [-0.2, -0.15) is 0 Å². The molecule has 1 saturated carbocycles. The largest absolute Gasteiger partial charge is 0.497 e. The number of hydrogen-bond donors (Lipinski definition) is 3. The van der Waals surface area contributed by atoms with Gasteiger partial charge < -0.3 is 30.2 Å². The van der Waals surface area contributed by atoms with Crippen LogP contribution in [0.25, 0.3) is 10.9 Å². The van der Waals surface area contributed by atoms with E-state index in [0.717, 1.165) is 59.3 Å². The van der Waals surface area contributed by atoms with Gasteiger partial charge in [-0.3, -0.25) is 4.98 Å². The number of hydrogen-bond acceptors (Lipinski definition) is 9. The zero-order valence-electron chi connectivity index (χ0n) is 24.2. The molecule has 3 N–H and O–H groups in total. The highest BCUT2D eigenvalue weighted by molar-refractivity contribution is 5.84. The number of carbonyl (C=O) groups is 2. The molecule has 2 aliphatic rings. The first-order valence-electron chi connectivity index (χ1n) is 14.3. The number of esters is 1. The summed E-state index contributed by atoms with van der Waals surface area (Å²) in [6.07, 6.45) is 5.97. The molecule has 2 aromatic heterocycles. The lowest BCUT2D eigenvalue weighted by atomic mass is 9.79. The van der Waals surface area contributed by atoms with E-state index in [9.17, 15) is 9.59 Å². The van der Waals surface area contributed by atoms with E-state index in [-0.39, 0.29) is 18.6 Å². The smallest absolute Gasteiger partial charge is 0.407 e. The predicted octanol–water partition coefficient (Wildman–Crippen LogP) is 4.75. The average Bonchev–Trinajstić information content (AvgIpc) is 2.94. The van der Waals surface area contributed by atoms with Crippen LogP contribution in [0.1, 0.15) is 57.7 Å². The third kappa shape index (κ3) is 7.43. The SMILES string of the molecule is COc1ccc2nccc(CC(NC(=O)OC(C)(C)C)C3CCC(NCc4ccc5c(n4)OC(=O)CN5)CC3)c2c1.